The fraction of sp³-hybridized carbons (Fsp3) is 0.692. The molecule has 5 heteroatoms. The standard InChI is InChI=1S/C13H23N3OS/c1-6-16(7-2)13(17)11(5)15-10(4)12-14-8-9(3)18-12/h8,10-11,15H,6-7H2,1-5H3. The topological polar surface area (TPSA) is 45.2 Å². The van der Waals surface area contributed by atoms with Gasteiger partial charge in [-0.15, -0.1) is 11.3 Å². The van der Waals surface area contributed by atoms with Crippen LogP contribution >= 0.6 is 11.3 Å². The first-order valence-corrected chi connectivity index (χ1v) is 7.28. The van der Waals surface area contributed by atoms with E-state index < -0.39 is 0 Å². The smallest absolute Gasteiger partial charge is 0.239 e. The third kappa shape index (κ3) is 3.78. The number of rotatable bonds is 6. The van der Waals surface area contributed by atoms with Gasteiger partial charge in [0.15, 0.2) is 0 Å². The molecule has 0 fully saturated rings. The number of likely N-dealkylation sites (N-methyl/N-ethyl adjacent to an activating group) is 1. The number of thiazole rings is 1. The maximum atomic E-state index is 12.1. The molecule has 1 aromatic heterocycles. The first-order chi connectivity index (χ1) is 8.49. The Morgan fingerprint density at radius 2 is 2.06 bits per heavy atom. The average molecular weight is 269 g/mol. The van der Waals surface area contributed by atoms with Crippen molar-refractivity contribution in [3.05, 3.63) is 16.1 Å². The summed E-state index contributed by atoms with van der Waals surface area (Å²) < 4.78 is 0. The Labute approximate surface area is 113 Å². The van der Waals surface area contributed by atoms with Gasteiger partial charge in [-0.3, -0.25) is 10.1 Å². The summed E-state index contributed by atoms with van der Waals surface area (Å²) in [5, 5.41) is 4.35. The van der Waals surface area contributed by atoms with Crippen molar-refractivity contribution in [1.82, 2.24) is 15.2 Å². The van der Waals surface area contributed by atoms with Crippen LogP contribution < -0.4 is 5.32 Å². The SMILES string of the molecule is CCN(CC)C(=O)C(C)NC(C)c1ncc(C)s1. The van der Waals surface area contributed by atoms with Crippen LogP contribution in [0.4, 0.5) is 0 Å². The van der Waals surface area contributed by atoms with Crippen molar-refractivity contribution < 1.29 is 4.79 Å². The minimum absolute atomic E-state index is 0.109. The molecule has 0 aromatic carbocycles. The van der Waals surface area contributed by atoms with Gasteiger partial charge in [0.05, 0.1) is 12.1 Å². The lowest BCUT2D eigenvalue weighted by molar-refractivity contribution is -0.132. The molecule has 1 rings (SSSR count). The Hall–Kier alpha value is -0.940. The van der Waals surface area contributed by atoms with Gasteiger partial charge in [-0.2, -0.15) is 0 Å². The van der Waals surface area contributed by atoms with Gasteiger partial charge in [-0.25, -0.2) is 4.98 Å². The van der Waals surface area contributed by atoms with Crippen molar-refractivity contribution in [3.8, 4) is 0 Å². The van der Waals surface area contributed by atoms with Crippen LogP contribution in [0.1, 0.15) is 43.6 Å². The molecule has 1 heterocycles. The first kappa shape index (κ1) is 15.1. The van der Waals surface area contributed by atoms with E-state index in [1.807, 2.05) is 45.7 Å². The normalized spacial score (nSPS) is 14.3. The third-order valence-electron chi connectivity index (χ3n) is 2.96. The van der Waals surface area contributed by atoms with Crippen LogP contribution in [-0.4, -0.2) is 34.9 Å². The number of aryl methyl sites for hydroxylation is 1. The molecule has 0 saturated carbocycles. The van der Waals surface area contributed by atoms with Crippen molar-refractivity contribution in [1.29, 1.82) is 0 Å². The maximum Gasteiger partial charge on any atom is 0.239 e. The Morgan fingerprint density at radius 3 is 2.50 bits per heavy atom. The molecule has 1 aromatic rings. The van der Waals surface area contributed by atoms with Crippen molar-refractivity contribution >= 4 is 17.2 Å². The fourth-order valence-electron chi connectivity index (χ4n) is 1.90. The second-order valence-electron chi connectivity index (χ2n) is 4.43. The predicted molar refractivity (Wildman–Crippen MR) is 75.8 cm³/mol. The van der Waals surface area contributed by atoms with Crippen LogP contribution in [-0.2, 0) is 4.79 Å². The third-order valence-corrected chi connectivity index (χ3v) is 4.05. The molecule has 0 radical (unpaired) electrons. The van der Waals surface area contributed by atoms with Crippen molar-refractivity contribution in [3.63, 3.8) is 0 Å². The minimum Gasteiger partial charge on any atom is -0.342 e. The van der Waals surface area contributed by atoms with Gasteiger partial charge in [0.1, 0.15) is 5.01 Å². The van der Waals surface area contributed by atoms with Gasteiger partial charge in [-0.1, -0.05) is 0 Å². The number of hydrogen-bond acceptors (Lipinski definition) is 4. The van der Waals surface area contributed by atoms with E-state index in [0.717, 1.165) is 18.1 Å². The quantitative estimate of drug-likeness (QED) is 0.862. The zero-order chi connectivity index (χ0) is 13.7. The van der Waals surface area contributed by atoms with E-state index >= 15 is 0 Å². The van der Waals surface area contributed by atoms with Gasteiger partial charge in [0.25, 0.3) is 0 Å². The summed E-state index contributed by atoms with van der Waals surface area (Å²) >= 11 is 1.67. The zero-order valence-corrected chi connectivity index (χ0v) is 12.7. The molecule has 1 N–H and O–H groups in total. The highest BCUT2D eigenvalue weighted by Crippen LogP contribution is 2.19. The summed E-state index contributed by atoms with van der Waals surface area (Å²) in [5.41, 5.74) is 0. The number of amides is 1. The summed E-state index contributed by atoms with van der Waals surface area (Å²) in [6.45, 7) is 11.5. The second kappa shape index (κ2) is 6.85. The van der Waals surface area contributed by atoms with Crippen LogP contribution in [0.5, 0.6) is 0 Å². The summed E-state index contributed by atoms with van der Waals surface area (Å²) in [7, 11) is 0. The number of nitrogens with zero attached hydrogens (tertiary/aromatic N) is 2. The van der Waals surface area contributed by atoms with Crippen molar-refractivity contribution in [2.45, 2.75) is 46.7 Å². The van der Waals surface area contributed by atoms with Gasteiger partial charge < -0.3 is 4.90 Å². The number of nitrogens with one attached hydrogen (secondary N) is 1. The molecule has 18 heavy (non-hydrogen) atoms. The Balaban J connectivity index is 2.58. The van der Waals surface area contributed by atoms with E-state index in [9.17, 15) is 4.79 Å². The Bertz CT molecular complexity index is 387. The highest BCUT2D eigenvalue weighted by atomic mass is 32.1. The monoisotopic (exact) mass is 269 g/mol. The van der Waals surface area contributed by atoms with Crippen LogP contribution in [0, 0.1) is 6.92 Å². The number of hydrogen-bond donors (Lipinski definition) is 1. The average Bonchev–Trinajstić information content (AvgIpc) is 2.77. The predicted octanol–water partition coefficient (Wildman–Crippen LogP) is 2.36. The molecular formula is C13H23N3OS. The van der Waals surface area contributed by atoms with Crippen LogP contribution in [0.2, 0.25) is 0 Å². The first-order valence-electron chi connectivity index (χ1n) is 6.46. The van der Waals surface area contributed by atoms with E-state index in [0.29, 0.717) is 0 Å². The lowest BCUT2D eigenvalue weighted by atomic mass is 10.2. The van der Waals surface area contributed by atoms with Gasteiger partial charge in [-0.05, 0) is 34.6 Å². The van der Waals surface area contributed by atoms with Crippen LogP contribution in [0.15, 0.2) is 6.20 Å². The molecule has 4 nitrogen and oxygen atoms in total. The molecule has 2 unspecified atom stereocenters. The van der Waals surface area contributed by atoms with E-state index in [4.69, 9.17) is 0 Å². The molecule has 102 valence electrons. The summed E-state index contributed by atoms with van der Waals surface area (Å²) in [6.07, 6.45) is 1.87. The van der Waals surface area contributed by atoms with Crippen LogP contribution in [0.25, 0.3) is 0 Å². The minimum atomic E-state index is -0.177. The number of aromatic nitrogens is 1. The second-order valence-corrected chi connectivity index (χ2v) is 5.70. The molecule has 0 aliphatic rings. The van der Waals surface area contributed by atoms with Gasteiger partial charge >= 0.3 is 0 Å². The van der Waals surface area contributed by atoms with Crippen LogP contribution in [0.3, 0.4) is 0 Å². The molecule has 0 aliphatic carbocycles. The summed E-state index contributed by atoms with van der Waals surface area (Å²) in [5.74, 6) is 0.153. The zero-order valence-electron chi connectivity index (χ0n) is 11.9. The van der Waals surface area contributed by atoms with E-state index in [2.05, 4.69) is 10.3 Å². The maximum absolute atomic E-state index is 12.1. The lowest BCUT2D eigenvalue weighted by Gasteiger charge is -2.25. The fourth-order valence-corrected chi connectivity index (χ4v) is 2.68. The van der Waals surface area contributed by atoms with E-state index in [1.54, 1.807) is 11.3 Å². The van der Waals surface area contributed by atoms with E-state index in [1.165, 1.54) is 4.88 Å². The number of carbonyl (C=O) groups excluding carboxylic acids is 1. The molecule has 0 spiro atoms. The van der Waals surface area contributed by atoms with E-state index in [-0.39, 0.29) is 18.0 Å². The van der Waals surface area contributed by atoms with Gasteiger partial charge in [0.2, 0.25) is 5.91 Å². The van der Waals surface area contributed by atoms with Crippen molar-refractivity contribution in [2.24, 2.45) is 0 Å². The highest BCUT2D eigenvalue weighted by molar-refractivity contribution is 7.11. The Kier molecular flexibility index (Phi) is 5.75. The lowest BCUT2D eigenvalue weighted by Crippen LogP contribution is -2.45. The Morgan fingerprint density at radius 1 is 1.44 bits per heavy atom. The molecule has 0 saturated heterocycles. The highest BCUT2D eigenvalue weighted by Gasteiger charge is 2.21. The molecule has 0 bridgehead atoms. The molecular weight excluding hydrogens is 246 g/mol. The number of carbonyl (C=O) groups is 1. The molecule has 2 atom stereocenters. The van der Waals surface area contributed by atoms with Crippen molar-refractivity contribution in [2.75, 3.05) is 13.1 Å². The summed E-state index contributed by atoms with van der Waals surface area (Å²) in [4.78, 5) is 19.5. The largest absolute Gasteiger partial charge is 0.342 e. The molecule has 1 amide bonds. The van der Waals surface area contributed by atoms with Gasteiger partial charge in [0, 0.05) is 24.2 Å². The summed E-state index contributed by atoms with van der Waals surface area (Å²) in [6, 6.07) is -0.0673. The molecule has 0 aliphatic heterocycles.